The lowest BCUT2D eigenvalue weighted by Crippen LogP contribution is -2.54. The van der Waals surface area contributed by atoms with Crippen molar-refractivity contribution in [2.75, 3.05) is 13.1 Å². The van der Waals surface area contributed by atoms with Crippen molar-refractivity contribution in [2.24, 2.45) is 5.84 Å². The van der Waals surface area contributed by atoms with Gasteiger partial charge in [-0.15, -0.1) is 11.3 Å². The molecule has 2 rings (SSSR count). The van der Waals surface area contributed by atoms with E-state index in [4.69, 9.17) is 5.84 Å². The zero-order valence-corrected chi connectivity index (χ0v) is 12.3. The maximum Gasteiger partial charge on any atom is 0.0731 e. The van der Waals surface area contributed by atoms with Crippen LogP contribution in [-0.2, 0) is 0 Å². The summed E-state index contributed by atoms with van der Waals surface area (Å²) in [6.45, 7) is 7.00. The lowest BCUT2D eigenvalue weighted by molar-refractivity contribution is 0.0847. The third-order valence-corrected chi connectivity index (χ3v) is 5.06. The van der Waals surface area contributed by atoms with Gasteiger partial charge >= 0.3 is 0 Å². The van der Waals surface area contributed by atoms with Crippen LogP contribution in [0.3, 0.4) is 0 Å². The first kappa shape index (κ1) is 14.0. The van der Waals surface area contributed by atoms with Crippen LogP contribution < -0.4 is 11.3 Å². The minimum Gasteiger partial charge on any atom is -0.296 e. The molecule has 0 spiro atoms. The van der Waals surface area contributed by atoms with E-state index >= 15 is 0 Å². The molecule has 1 fully saturated rings. The molecular weight excluding hydrogens is 242 g/mol. The highest BCUT2D eigenvalue weighted by atomic mass is 32.1. The maximum absolute atomic E-state index is 5.83. The molecule has 3 N–H and O–H groups in total. The highest BCUT2D eigenvalue weighted by Gasteiger charge is 2.36. The van der Waals surface area contributed by atoms with Gasteiger partial charge in [-0.1, -0.05) is 18.9 Å². The summed E-state index contributed by atoms with van der Waals surface area (Å²) in [5.74, 6) is 5.83. The van der Waals surface area contributed by atoms with Crippen molar-refractivity contribution >= 4 is 11.3 Å². The molecule has 1 unspecified atom stereocenters. The first-order valence-corrected chi connectivity index (χ1v) is 7.79. The Hall–Kier alpha value is -0.420. The molecular formula is C14H25N3S. The van der Waals surface area contributed by atoms with Crippen molar-refractivity contribution < 1.29 is 0 Å². The van der Waals surface area contributed by atoms with Crippen molar-refractivity contribution in [3.05, 3.63) is 22.4 Å². The van der Waals surface area contributed by atoms with Crippen LogP contribution in [0, 0.1) is 0 Å². The number of nitrogens with one attached hydrogen (secondary N) is 1. The zero-order valence-electron chi connectivity index (χ0n) is 11.5. The minimum absolute atomic E-state index is 0.0595. The predicted octanol–water partition coefficient (Wildman–Crippen LogP) is 2.91. The van der Waals surface area contributed by atoms with E-state index in [1.54, 1.807) is 11.3 Å². The topological polar surface area (TPSA) is 41.3 Å². The third kappa shape index (κ3) is 2.94. The number of hydrazine groups is 1. The zero-order chi connectivity index (χ0) is 13.0. The number of nitrogens with two attached hydrogens (primary N) is 1. The van der Waals surface area contributed by atoms with Crippen molar-refractivity contribution in [1.29, 1.82) is 0 Å². The molecule has 102 valence electrons. The summed E-state index contributed by atoms with van der Waals surface area (Å²) in [6.07, 6.45) is 5.36. The highest BCUT2D eigenvalue weighted by molar-refractivity contribution is 7.10. The summed E-state index contributed by atoms with van der Waals surface area (Å²) in [4.78, 5) is 3.93. The van der Waals surface area contributed by atoms with E-state index in [1.165, 1.54) is 43.6 Å². The normalized spacial score (nSPS) is 20.6. The number of thiophene rings is 1. The van der Waals surface area contributed by atoms with Crippen LogP contribution in [0.15, 0.2) is 17.5 Å². The van der Waals surface area contributed by atoms with Gasteiger partial charge in [0.05, 0.1) is 6.04 Å². The number of likely N-dealkylation sites (tertiary alicyclic amines) is 1. The molecule has 1 aliphatic heterocycles. The molecule has 0 radical (unpaired) electrons. The van der Waals surface area contributed by atoms with Crippen LogP contribution in [0.2, 0.25) is 0 Å². The highest BCUT2D eigenvalue weighted by Crippen LogP contribution is 2.34. The van der Waals surface area contributed by atoms with Crippen molar-refractivity contribution in [3.8, 4) is 0 Å². The maximum atomic E-state index is 5.83. The van der Waals surface area contributed by atoms with Crippen molar-refractivity contribution in [1.82, 2.24) is 10.3 Å². The Morgan fingerprint density at radius 1 is 1.28 bits per heavy atom. The van der Waals surface area contributed by atoms with Crippen molar-refractivity contribution in [2.45, 2.75) is 51.1 Å². The average molecular weight is 267 g/mol. The van der Waals surface area contributed by atoms with Gasteiger partial charge in [-0.3, -0.25) is 16.2 Å². The quantitative estimate of drug-likeness (QED) is 0.651. The second-order valence-electron chi connectivity index (χ2n) is 5.67. The molecule has 4 heteroatoms. The lowest BCUT2D eigenvalue weighted by atomic mass is 9.91. The van der Waals surface area contributed by atoms with Crippen LogP contribution in [0.1, 0.15) is 50.4 Å². The van der Waals surface area contributed by atoms with E-state index in [1.807, 2.05) is 0 Å². The lowest BCUT2D eigenvalue weighted by Gasteiger charge is -2.43. The Morgan fingerprint density at radius 3 is 2.44 bits per heavy atom. The van der Waals surface area contributed by atoms with E-state index in [-0.39, 0.29) is 11.6 Å². The Balaban J connectivity index is 2.16. The largest absolute Gasteiger partial charge is 0.296 e. The molecule has 1 saturated heterocycles. The van der Waals surface area contributed by atoms with Crippen molar-refractivity contribution in [3.63, 3.8) is 0 Å². The molecule has 0 amide bonds. The summed E-state index contributed by atoms with van der Waals surface area (Å²) in [6, 6.07) is 4.48. The van der Waals surface area contributed by atoms with Gasteiger partial charge in [-0.05, 0) is 51.2 Å². The summed E-state index contributed by atoms with van der Waals surface area (Å²) in [5, 5.41) is 2.12. The molecule has 1 aliphatic rings. The molecule has 2 heterocycles. The molecule has 0 aliphatic carbocycles. The van der Waals surface area contributed by atoms with Gasteiger partial charge in [0.1, 0.15) is 0 Å². The number of hydrogen-bond donors (Lipinski definition) is 2. The predicted molar refractivity (Wildman–Crippen MR) is 78.5 cm³/mol. The monoisotopic (exact) mass is 267 g/mol. The van der Waals surface area contributed by atoms with Gasteiger partial charge in [0.2, 0.25) is 0 Å². The standard InChI is InChI=1S/C14H25N3S/c1-14(2,17-9-5-3-4-6-10-17)13(16-15)12-8-7-11-18-12/h7-8,11,13,16H,3-6,9-10,15H2,1-2H3. The van der Waals surface area contributed by atoms with Crippen LogP contribution >= 0.6 is 11.3 Å². The smallest absolute Gasteiger partial charge is 0.0731 e. The minimum atomic E-state index is 0.0595. The van der Waals surface area contributed by atoms with Crippen LogP contribution in [-0.4, -0.2) is 23.5 Å². The Morgan fingerprint density at radius 2 is 1.94 bits per heavy atom. The number of rotatable bonds is 4. The first-order valence-electron chi connectivity index (χ1n) is 6.91. The van der Waals surface area contributed by atoms with Gasteiger partial charge in [-0.2, -0.15) is 0 Å². The number of nitrogens with zero attached hydrogens (tertiary/aromatic N) is 1. The average Bonchev–Trinajstić information content (AvgIpc) is 2.70. The van der Waals surface area contributed by atoms with E-state index < -0.39 is 0 Å². The summed E-state index contributed by atoms with van der Waals surface area (Å²) in [5.41, 5.74) is 3.09. The van der Waals surface area contributed by atoms with Crippen LogP contribution in [0.4, 0.5) is 0 Å². The summed E-state index contributed by atoms with van der Waals surface area (Å²) < 4.78 is 0. The molecule has 0 aromatic carbocycles. The van der Waals surface area contributed by atoms with E-state index in [0.717, 1.165) is 0 Å². The Labute approximate surface area is 114 Å². The summed E-state index contributed by atoms with van der Waals surface area (Å²) >= 11 is 1.78. The Kier molecular flexibility index (Phi) is 4.78. The molecule has 0 bridgehead atoms. The second kappa shape index (κ2) is 6.15. The van der Waals surface area contributed by atoms with Gasteiger partial charge < -0.3 is 0 Å². The van der Waals surface area contributed by atoms with Gasteiger partial charge in [0.25, 0.3) is 0 Å². The van der Waals surface area contributed by atoms with Crippen LogP contribution in [0.25, 0.3) is 0 Å². The molecule has 1 aromatic rings. The number of hydrogen-bond acceptors (Lipinski definition) is 4. The molecule has 18 heavy (non-hydrogen) atoms. The molecule has 0 saturated carbocycles. The van der Waals surface area contributed by atoms with Gasteiger partial charge in [-0.25, -0.2) is 0 Å². The Bertz CT molecular complexity index is 340. The fourth-order valence-electron chi connectivity index (χ4n) is 2.92. The SMILES string of the molecule is CC(C)(C(NN)c1cccs1)N1CCCCCC1. The van der Waals surface area contributed by atoms with E-state index in [9.17, 15) is 0 Å². The third-order valence-electron chi connectivity index (χ3n) is 4.12. The van der Waals surface area contributed by atoms with Gasteiger partial charge in [0.15, 0.2) is 0 Å². The van der Waals surface area contributed by atoms with E-state index in [0.29, 0.717) is 0 Å². The molecule has 3 nitrogen and oxygen atoms in total. The van der Waals surface area contributed by atoms with E-state index in [2.05, 4.69) is 41.7 Å². The first-order chi connectivity index (χ1) is 8.66. The molecule has 1 aromatic heterocycles. The molecule has 1 atom stereocenters. The second-order valence-corrected chi connectivity index (χ2v) is 6.65. The summed E-state index contributed by atoms with van der Waals surface area (Å²) in [7, 11) is 0. The van der Waals surface area contributed by atoms with Crippen LogP contribution in [0.5, 0.6) is 0 Å². The van der Waals surface area contributed by atoms with Gasteiger partial charge in [0, 0.05) is 10.4 Å². The fourth-order valence-corrected chi connectivity index (χ4v) is 3.88. The fraction of sp³-hybridized carbons (Fsp3) is 0.714.